The Hall–Kier alpha value is -3.33. The van der Waals surface area contributed by atoms with E-state index in [-0.39, 0.29) is 26.1 Å². The van der Waals surface area contributed by atoms with Crippen LogP contribution in [0.2, 0.25) is 0 Å². The molecule has 0 bridgehead atoms. The molecule has 0 rings (SSSR count). The van der Waals surface area contributed by atoms with Crippen molar-refractivity contribution in [3.05, 3.63) is 109 Å². The summed E-state index contributed by atoms with van der Waals surface area (Å²) in [7, 11) is 1.11. The Morgan fingerprint density at radius 1 is 0.400 bits per heavy atom. The number of ether oxygens (including phenoxy) is 2. The van der Waals surface area contributed by atoms with Crippen LogP contribution in [0.1, 0.15) is 271 Å². The van der Waals surface area contributed by atoms with E-state index in [1.807, 2.05) is 33.3 Å². The van der Waals surface area contributed by atoms with Crippen LogP contribution in [-0.4, -0.2) is 70.0 Å². The van der Waals surface area contributed by atoms with E-state index in [1.165, 1.54) is 167 Å². The molecule has 80 heavy (non-hydrogen) atoms. The van der Waals surface area contributed by atoms with Gasteiger partial charge in [0.25, 0.3) is 7.82 Å². The van der Waals surface area contributed by atoms with Gasteiger partial charge in [-0.05, 0) is 89.9 Å². The summed E-state index contributed by atoms with van der Waals surface area (Å²) in [5.41, 5.74) is 0. The number of phosphoric acid groups is 1. The molecule has 0 aromatic carbocycles. The van der Waals surface area contributed by atoms with Crippen LogP contribution in [0, 0.1) is 0 Å². The molecule has 0 aliphatic heterocycles. The van der Waals surface area contributed by atoms with Gasteiger partial charge in [-0.3, -0.25) is 14.2 Å². The highest BCUT2D eigenvalue weighted by Gasteiger charge is 2.21. The quantitative estimate of drug-likeness (QED) is 0.0195. The maximum absolute atomic E-state index is 12.8. The summed E-state index contributed by atoms with van der Waals surface area (Å²) in [6.45, 7) is 4.03. The van der Waals surface area contributed by atoms with Crippen LogP contribution in [0.25, 0.3) is 0 Å². The standard InChI is InChI=1S/C70H122NO8P/c1-6-8-10-12-14-16-18-20-22-24-26-27-28-29-30-31-32-33-34-35-36-37-38-39-40-41-42-43-45-46-48-50-52-54-56-58-60-62-69(72)76-66-68(67-78-80(74,75)77-65-64-71(3,4)5)79-70(73)63-61-59-57-55-53-51-49-47-44-25-23-21-19-17-15-13-11-9-7-2/h9,11,15,17-18,20-21,23-24,26,28-29,44,47,51,53,57,59,68H,6-8,10,12-14,16,19,22,25,27,30-43,45-46,48-50,52,54-56,58,60-67H2,1-5H3/b11-9-,17-15-,20-18-,23-21-,26-24-,29-28-,47-44-,53-51-,59-57-. The molecule has 460 valence electrons. The minimum absolute atomic E-state index is 0.0483. The van der Waals surface area contributed by atoms with Crippen molar-refractivity contribution < 1.29 is 42.1 Å². The van der Waals surface area contributed by atoms with Gasteiger partial charge in [-0.15, -0.1) is 0 Å². The molecule has 0 heterocycles. The zero-order chi connectivity index (χ0) is 58.4. The number of carbonyl (C=O) groups excluding carboxylic acids is 2. The SMILES string of the molecule is CC/C=C\C/C=C\C/C=C\C/C=C\C/C=C\C/C=C\CCC(=O)OC(COC(=O)CCCCCCCCCCCCCCCCCCCCCCCC/C=C\C/C=C\C/C=C\CCCCCCC)COP(=O)([O-])OCC[N+](C)(C)C. The van der Waals surface area contributed by atoms with Crippen LogP contribution in [0.4, 0.5) is 0 Å². The second kappa shape index (κ2) is 60.3. The molecular weight excluding hydrogens is 1010 g/mol. The van der Waals surface area contributed by atoms with Gasteiger partial charge in [0, 0.05) is 12.8 Å². The van der Waals surface area contributed by atoms with Gasteiger partial charge in [-0.1, -0.05) is 277 Å². The smallest absolute Gasteiger partial charge is 0.306 e. The van der Waals surface area contributed by atoms with Crippen LogP contribution >= 0.6 is 7.82 Å². The summed E-state index contributed by atoms with van der Waals surface area (Å²) in [6.07, 6.45) is 84.8. The van der Waals surface area contributed by atoms with Crippen molar-refractivity contribution in [2.45, 2.75) is 277 Å². The molecule has 0 spiro atoms. The second-order valence-electron chi connectivity index (χ2n) is 22.7. The van der Waals surface area contributed by atoms with Gasteiger partial charge < -0.3 is 27.9 Å². The molecule has 10 heteroatoms. The minimum Gasteiger partial charge on any atom is -0.756 e. The minimum atomic E-state index is -4.66. The molecule has 0 aromatic heterocycles. The van der Waals surface area contributed by atoms with Crippen LogP contribution in [0.3, 0.4) is 0 Å². The van der Waals surface area contributed by atoms with E-state index < -0.39 is 32.5 Å². The number of quaternary nitrogens is 1. The number of phosphoric ester groups is 1. The molecule has 9 nitrogen and oxygen atoms in total. The van der Waals surface area contributed by atoms with E-state index in [1.54, 1.807) is 0 Å². The largest absolute Gasteiger partial charge is 0.756 e. The normalized spacial score (nSPS) is 13.9. The van der Waals surface area contributed by atoms with Gasteiger partial charge in [0.2, 0.25) is 0 Å². The van der Waals surface area contributed by atoms with Gasteiger partial charge in [0.15, 0.2) is 6.10 Å². The zero-order valence-electron chi connectivity index (χ0n) is 52.2. The molecule has 0 aromatic rings. The highest BCUT2D eigenvalue weighted by Crippen LogP contribution is 2.38. The molecule has 0 aliphatic carbocycles. The summed E-state index contributed by atoms with van der Waals surface area (Å²) in [6, 6.07) is 0. The second-order valence-corrected chi connectivity index (χ2v) is 24.2. The van der Waals surface area contributed by atoms with E-state index >= 15 is 0 Å². The molecule has 0 saturated carbocycles. The highest BCUT2D eigenvalue weighted by molar-refractivity contribution is 7.45. The van der Waals surface area contributed by atoms with Crippen molar-refractivity contribution in [2.75, 3.05) is 47.5 Å². The lowest BCUT2D eigenvalue weighted by Gasteiger charge is -2.28. The maximum Gasteiger partial charge on any atom is 0.306 e. The number of esters is 2. The molecule has 2 unspecified atom stereocenters. The van der Waals surface area contributed by atoms with Crippen LogP contribution in [0.5, 0.6) is 0 Å². The van der Waals surface area contributed by atoms with Crippen molar-refractivity contribution in [1.82, 2.24) is 0 Å². The molecule has 0 N–H and O–H groups in total. The molecule has 0 aliphatic rings. The van der Waals surface area contributed by atoms with Gasteiger partial charge in [-0.2, -0.15) is 0 Å². The van der Waals surface area contributed by atoms with Crippen molar-refractivity contribution in [2.24, 2.45) is 0 Å². The number of carbonyl (C=O) groups is 2. The lowest BCUT2D eigenvalue weighted by Crippen LogP contribution is -2.37. The van der Waals surface area contributed by atoms with E-state index in [0.717, 1.165) is 70.6 Å². The first-order chi connectivity index (χ1) is 39.0. The third-order valence-electron chi connectivity index (χ3n) is 13.8. The Bertz CT molecular complexity index is 1720. The first-order valence-electron chi connectivity index (χ1n) is 32.6. The summed E-state index contributed by atoms with van der Waals surface area (Å²) in [5, 5.41) is 0. The van der Waals surface area contributed by atoms with Gasteiger partial charge in [0.1, 0.15) is 19.8 Å². The molecule has 0 fully saturated rings. The number of nitrogens with zero attached hydrogens (tertiary/aromatic N) is 1. The summed E-state index contributed by atoms with van der Waals surface area (Å²) >= 11 is 0. The Morgan fingerprint density at radius 2 is 0.738 bits per heavy atom. The Morgan fingerprint density at radius 3 is 1.11 bits per heavy atom. The van der Waals surface area contributed by atoms with E-state index in [2.05, 4.69) is 111 Å². The van der Waals surface area contributed by atoms with E-state index in [9.17, 15) is 19.0 Å². The van der Waals surface area contributed by atoms with Gasteiger partial charge in [0.05, 0.1) is 27.7 Å². The lowest BCUT2D eigenvalue weighted by molar-refractivity contribution is -0.870. The average Bonchev–Trinajstić information content (AvgIpc) is 3.42. The predicted octanol–water partition coefficient (Wildman–Crippen LogP) is 20.3. The number of likely N-dealkylation sites (N-methyl/N-ethyl adjacent to an activating group) is 1. The van der Waals surface area contributed by atoms with Crippen LogP contribution in [-0.2, 0) is 32.7 Å². The van der Waals surface area contributed by atoms with Crippen molar-refractivity contribution in [3.63, 3.8) is 0 Å². The Labute approximate surface area is 493 Å². The molecule has 0 radical (unpaired) electrons. The van der Waals surface area contributed by atoms with E-state index in [0.29, 0.717) is 17.4 Å². The predicted molar refractivity (Wildman–Crippen MR) is 342 cm³/mol. The van der Waals surface area contributed by atoms with Crippen molar-refractivity contribution in [1.29, 1.82) is 0 Å². The third-order valence-corrected chi connectivity index (χ3v) is 14.8. The number of hydrogen-bond donors (Lipinski definition) is 0. The molecule has 0 amide bonds. The highest BCUT2D eigenvalue weighted by atomic mass is 31.2. The maximum atomic E-state index is 12.8. The third kappa shape index (κ3) is 63.8. The summed E-state index contributed by atoms with van der Waals surface area (Å²) in [5.74, 6) is -0.930. The Kier molecular flexibility index (Phi) is 57.8. The molecular formula is C70H122NO8P. The fourth-order valence-corrected chi connectivity index (χ4v) is 9.54. The van der Waals surface area contributed by atoms with Crippen LogP contribution in [0.15, 0.2) is 109 Å². The van der Waals surface area contributed by atoms with Crippen molar-refractivity contribution in [3.8, 4) is 0 Å². The van der Waals surface area contributed by atoms with E-state index in [4.69, 9.17) is 18.5 Å². The number of allylic oxidation sites excluding steroid dienone is 18. The summed E-state index contributed by atoms with van der Waals surface area (Å²) in [4.78, 5) is 37.9. The Balaban J connectivity index is 4.04. The lowest BCUT2D eigenvalue weighted by atomic mass is 10.0. The summed E-state index contributed by atoms with van der Waals surface area (Å²) < 4.78 is 34.1. The molecule has 0 saturated heterocycles. The topological polar surface area (TPSA) is 111 Å². The monoisotopic (exact) mass is 1140 g/mol. The first-order valence-corrected chi connectivity index (χ1v) is 34.1. The molecule has 2 atom stereocenters. The number of unbranched alkanes of at least 4 members (excludes halogenated alkanes) is 27. The number of hydrogen-bond acceptors (Lipinski definition) is 8. The van der Waals surface area contributed by atoms with Crippen LogP contribution < -0.4 is 4.89 Å². The zero-order valence-corrected chi connectivity index (χ0v) is 53.1. The average molecular weight is 1140 g/mol. The fourth-order valence-electron chi connectivity index (χ4n) is 8.81. The first kappa shape index (κ1) is 76.7. The fraction of sp³-hybridized carbons (Fsp3) is 0.714. The van der Waals surface area contributed by atoms with Gasteiger partial charge >= 0.3 is 11.9 Å². The number of rotatable bonds is 59. The van der Waals surface area contributed by atoms with Gasteiger partial charge in [-0.25, -0.2) is 0 Å². The van der Waals surface area contributed by atoms with Crippen molar-refractivity contribution >= 4 is 19.8 Å².